The third kappa shape index (κ3) is 2.56. The quantitative estimate of drug-likeness (QED) is 0.837. The van der Waals surface area contributed by atoms with Gasteiger partial charge in [0.1, 0.15) is 11.1 Å². The van der Waals surface area contributed by atoms with Crippen LogP contribution in [0.4, 0.5) is 0 Å². The summed E-state index contributed by atoms with van der Waals surface area (Å²) in [4.78, 5) is 24.4. The molecule has 1 aliphatic carbocycles. The molecule has 5 nitrogen and oxygen atoms in total. The van der Waals surface area contributed by atoms with E-state index in [-0.39, 0.29) is 5.56 Å². The summed E-state index contributed by atoms with van der Waals surface area (Å²) < 4.78 is 5.19. The molecular weight excluding hydrogens is 268 g/mol. The van der Waals surface area contributed by atoms with Gasteiger partial charge in [-0.1, -0.05) is 18.2 Å². The van der Waals surface area contributed by atoms with Gasteiger partial charge in [-0.25, -0.2) is 4.79 Å². The van der Waals surface area contributed by atoms with Crippen molar-refractivity contribution in [1.29, 1.82) is 0 Å². The van der Waals surface area contributed by atoms with Crippen molar-refractivity contribution in [2.45, 2.75) is 25.3 Å². The van der Waals surface area contributed by atoms with E-state index in [2.05, 4.69) is 5.32 Å². The number of nitrogens with one attached hydrogen (secondary N) is 1. The lowest BCUT2D eigenvalue weighted by molar-refractivity contribution is 0.0894. The minimum atomic E-state index is -0.624. The summed E-state index contributed by atoms with van der Waals surface area (Å²) in [5.41, 5.74) is 5.20. The molecule has 5 heteroatoms. The molecule has 0 bridgehead atoms. The lowest BCUT2D eigenvalue weighted by Gasteiger charge is -2.29. The van der Waals surface area contributed by atoms with Gasteiger partial charge in [0.15, 0.2) is 0 Å². The van der Waals surface area contributed by atoms with Crippen molar-refractivity contribution in [1.82, 2.24) is 5.32 Å². The molecule has 1 amide bonds. The molecular formula is C16H18N2O3. The SMILES string of the molecule is CC(CN)(NC(=O)c1cc2ccccc2oc1=O)C1CC1. The fourth-order valence-corrected chi connectivity index (χ4v) is 2.59. The second kappa shape index (κ2) is 5.00. The van der Waals surface area contributed by atoms with Gasteiger partial charge >= 0.3 is 5.63 Å². The maximum Gasteiger partial charge on any atom is 0.349 e. The van der Waals surface area contributed by atoms with Crippen molar-refractivity contribution >= 4 is 16.9 Å². The second-order valence-corrected chi connectivity index (χ2v) is 5.84. The predicted octanol–water partition coefficient (Wildman–Crippen LogP) is 1.65. The molecule has 1 unspecified atom stereocenters. The number of para-hydroxylation sites is 1. The molecule has 3 rings (SSSR count). The van der Waals surface area contributed by atoms with Crippen molar-refractivity contribution in [3.05, 3.63) is 46.3 Å². The van der Waals surface area contributed by atoms with Crippen molar-refractivity contribution < 1.29 is 9.21 Å². The zero-order valence-corrected chi connectivity index (χ0v) is 11.9. The number of hydrogen-bond donors (Lipinski definition) is 2. The molecule has 1 fully saturated rings. The lowest BCUT2D eigenvalue weighted by Crippen LogP contribution is -2.53. The van der Waals surface area contributed by atoms with Gasteiger partial charge in [-0.15, -0.1) is 0 Å². The van der Waals surface area contributed by atoms with E-state index in [9.17, 15) is 9.59 Å². The first-order chi connectivity index (χ1) is 10.0. The largest absolute Gasteiger partial charge is 0.422 e. The zero-order valence-electron chi connectivity index (χ0n) is 11.9. The number of fused-ring (bicyclic) bond motifs is 1. The van der Waals surface area contributed by atoms with Gasteiger partial charge in [0.05, 0.1) is 5.54 Å². The van der Waals surface area contributed by atoms with E-state index in [0.717, 1.165) is 18.2 Å². The molecule has 1 aliphatic rings. The molecule has 1 heterocycles. The van der Waals surface area contributed by atoms with Crippen LogP contribution in [0.1, 0.15) is 30.1 Å². The Morgan fingerprint density at radius 2 is 2.14 bits per heavy atom. The van der Waals surface area contributed by atoms with Gasteiger partial charge in [-0.3, -0.25) is 4.79 Å². The summed E-state index contributed by atoms with van der Waals surface area (Å²) in [6.45, 7) is 2.27. The van der Waals surface area contributed by atoms with Crippen molar-refractivity contribution in [2.24, 2.45) is 11.7 Å². The maximum atomic E-state index is 12.4. The maximum absolute atomic E-state index is 12.4. The fraction of sp³-hybridized carbons (Fsp3) is 0.375. The molecule has 2 aromatic rings. The summed E-state index contributed by atoms with van der Waals surface area (Å²) in [6.07, 6.45) is 2.11. The molecule has 1 atom stereocenters. The molecule has 0 radical (unpaired) electrons. The first-order valence-electron chi connectivity index (χ1n) is 7.09. The van der Waals surface area contributed by atoms with Gasteiger partial charge in [0, 0.05) is 11.9 Å². The molecule has 0 aliphatic heterocycles. The van der Waals surface area contributed by atoms with E-state index in [1.807, 2.05) is 13.0 Å². The van der Waals surface area contributed by atoms with Gasteiger partial charge in [-0.2, -0.15) is 0 Å². The Labute approximate surface area is 122 Å². The minimum absolute atomic E-state index is 0.0222. The number of nitrogens with two attached hydrogens (primary N) is 1. The molecule has 3 N–H and O–H groups in total. The highest BCUT2D eigenvalue weighted by atomic mass is 16.4. The Hall–Kier alpha value is -2.14. The van der Waals surface area contributed by atoms with Crippen LogP contribution in [-0.2, 0) is 0 Å². The van der Waals surface area contributed by atoms with Crippen LogP contribution < -0.4 is 16.7 Å². The Kier molecular flexibility index (Phi) is 3.29. The van der Waals surface area contributed by atoms with Gasteiger partial charge in [0.25, 0.3) is 5.91 Å². The molecule has 1 aromatic heterocycles. The number of benzene rings is 1. The van der Waals surface area contributed by atoms with Crippen LogP contribution in [0, 0.1) is 5.92 Å². The van der Waals surface area contributed by atoms with Crippen LogP contribution in [0.5, 0.6) is 0 Å². The normalized spacial score (nSPS) is 17.4. The first-order valence-corrected chi connectivity index (χ1v) is 7.09. The van der Waals surface area contributed by atoms with Crippen LogP contribution >= 0.6 is 0 Å². The monoisotopic (exact) mass is 286 g/mol. The average molecular weight is 286 g/mol. The number of rotatable bonds is 4. The zero-order chi connectivity index (χ0) is 15.0. The topological polar surface area (TPSA) is 85.3 Å². The van der Waals surface area contributed by atoms with Crippen molar-refractivity contribution in [3.63, 3.8) is 0 Å². The Balaban J connectivity index is 1.94. The molecule has 0 saturated heterocycles. The summed E-state index contributed by atoms with van der Waals surface area (Å²) in [7, 11) is 0. The van der Waals surface area contributed by atoms with E-state index >= 15 is 0 Å². The number of carbonyl (C=O) groups is 1. The average Bonchev–Trinajstić information content (AvgIpc) is 3.31. The summed E-state index contributed by atoms with van der Waals surface area (Å²) >= 11 is 0. The summed E-state index contributed by atoms with van der Waals surface area (Å²) in [6, 6.07) is 8.69. The molecule has 1 saturated carbocycles. The highest BCUT2D eigenvalue weighted by Gasteiger charge is 2.42. The van der Waals surface area contributed by atoms with E-state index < -0.39 is 17.1 Å². The number of carbonyl (C=O) groups excluding carboxylic acids is 1. The van der Waals surface area contributed by atoms with E-state index in [0.29, 0.717) is 18.0 Å². The molecule has 110 valence electrons. The fourth-order valence-electron chi connectivity index (χ4n) is 2.59. The van der Waals surface area contributed by atoms with Gasteiger partial charge in [0.2, 0.25) is 0 Å². The third-order valence-electron chi connectivity index (χ3n) is 4.19. The third-order valence-corrected chi connectivity index (χ3v) is 4.19. The second-order valence-electron chi connectivity index (χ2n) is 5.84. The molecule has 0 spiro atoms. The van der Waals surface area contributed by atoms with Gasteiger partial charge in [-0.05, 0) is 37.8 Å². The highest BCUT2D eigenvalue weighted by Crippen LogP contribution is 2.39. The number of hydrogen-bond acceptors (Lipinski definition) is 4. The Morgan fingerprint density at radius 1 is 1.43 bits per heavy atom. The van der Waals surface area contributed by atoms with Crippen LogP contribution in [0.25, 0.3) is 11.0 Å². The highest BCUT2D eigenvalue weighted by molar-refractivity contribution is 5.97. The van der Waals surface area contributed by atoms with Crippen LogP contribution in [0.3, 0.4) is 0 Å². The van der Waals surface area contributed by atoms with E-state index in [4.69, 9.17) is 10.2 Å². The van der Waals surface area contributed by atoms with E-state index in [1.165, 1.54) is 0 Å². The Morgan fingerprint density at radius 3 is 2.81 bits per heavy atom. The molecule has 21 heavy (non-hydrogen) atoms. The molecule has 1 aromatic carbocycles. The Bertz CT molecular complexity index is 749. The van der Waals surface area contributed by atoms with Crippen LogP contribution in [0.2, 0.25) is 0 Å². The van der Waals surface area contributed by atoms with Crippen molar-refractivity contribution in [2.75, 3.05) is 6.54 Å². The van der Waals surface area contributed by atoms with Crippen molar-refractivity contribution in [3.8, 4) is 0 Å². The van der Waals surface area contributed by atoms with Crippen LogP contribution in [-0.4, -0.2) is 18.0 Å². The lowest BCUT2D eigenvalue weighted by atomic mass is 9.95. The predicted molar refractivity (Wildman–Crippen MR) is 80.1 cm³/mol. The summed E-state index contributed by atoms with van der Waals surface area (Å²) in [5.74, 6) is -0.0340. The minimum Gasteiger partial charge on any atom is -0.422 e. The summed E-state index contributed by atoms with van der Waals surface area (Å²) in [5, 5.41) is 3.63. The number of amides is 1. The van der Waals surface area contributed by atoms with Gasteiger partial charge < -0.3 is 15.5 Å². The van der Waals surface area contributed by atoms with E-state index in [1.54, 1.807) is 24.3 Å². The van der Waals surface area contributed by atoms with Crippen LogP contribution in [0.15, 0.2) is 39.5 Å². The smallest absolute Gasteiger partial charge is 0.349 e. The first kappa shape index (κ1) is 13.8. The standard InChI is InChI=1S/C16H18N2O3/c1-16(9-17,11-6-7-11)18-14(19)12-8-10-4-2-3-5-13(10)21-15(12)20/h2-5,8,11H,6-7,9,17H2,1H3,(H,18,19).